The summed E-state index contributed by atoms with van der Waals surface area (Å²) in [6, 6.07) is 12.6. The molecule has 0 atom stereocenters. The first kappa shape index (κ1) is 13.0. The first-order valence-electron chi connectivity index (χ1n) is 7.84. The Morgan fingerprint density at radius 1 is 1.04 bits per heavy atom. The summed E-state index contributed by atoms with van der Waals surface area (Å²) >= 11 is 1.72. The van der Waals surface area contributed by atoms with Crippen LogP contribution in [-0.2, 0) is 0 Å². The highest BCUT2D eigenvalue weighted by Gasteiger charge is 2.20. The summed E-state index contributed by atoms with van der Waals surface area (Å²) < 4.78 is 1.88. The lowest BCUT2D eigenvalue weighted by atomic mass is 10.2. The maximum Gasteiger partial charge on any atom is 0.229 e. The number of thiophene rings is 1. The molecule has 0 unspecified atom stereocenters. The van der Waals surface area contributed by atoms with Crippen LogP contribution in [0.2, 0.25) is 0 Å². The van der Waals surface area contributed by atoms with Crippen LogP contribution in [0.5, 0.6) is 0 Å². The second-order valence-electron chi connectivity index (χ2n) is 5.80. The molecular weight excluding hydrogens is 306 g/mol. The number of hydrogen-bond acceptors (Lipinski definition) is 5. The van der Waals surface area contributed by atoms with Crippen molar-refractivity contribution >= 4 is 33.1 Å². The third kappa shape index (κ3) is 2.02. The molecule has 3 aromatic heterocycles. The Morgan fingerprint density at radius 3 is 2.70 bits per heavy atom. The minimum atomic E-state index is 0.898. The van der Waals surface area contributed by atoms with Gasteiger partial charge in [-0.25, -0.2) is 9.97 Å². The van der Waals surface area contributed by atoms with Crippen molar-refractivity contribution in [3.8, 4) is 10.4 Å². The largest absolute Gasteiger partial charge is 0.341 e. The number of rotatable bonds is 2. The van der Waals surface area contributed by atoms with E-state index in [1.54, 1.807) is 17.7 Å². The first-order valence-corrected chi connectivity index (χ1v) is 8.65. The van der Waals surface area contributed by atoms with Crippen molar-refractivity contribution in [3.05, 3.63) is 42.7 Å². The summed E-state index contributed by atoms with van der Waals surface area (Å²) in [5.41, 5.74) is 2.12. The molecule has 1 aliphatic heterocycles. The van der Waals surface area contributed by atoms with Crippen LogP contribution in [0.25, 0.3) is 26.3 Å². The van der Waals surface area contributed by atoms with E-state index in [4.69, 9.17) is 4.98 Å². The van der Waals surface area contributed by atoms with Gasteiger partial charge in [0.2, 0.25) is 5.95 Å². The predicted molar refractivity (Wildman–Crippen MR) is 93.0 cm³/mol. The predicted octanol–water partition coefficient (Wildman–Crippen LogP) is 3.61. The van der Waals surface area contributed by atoms with E-state index in [1.807, 2.05) is 10.6 Å². The van der Waals surface area contributed by atoms with Crippen LogP contribution >= 0.6 is 11.3 Å². The molecular formula is C17H15N5S. The van der Waals surface area contributed by atoms with E-state index in [9.17, 15) is 0 Å². The van der Waals surface area contributed by atoms with Crippen molar-refractivity contribution in [3.63, 3.8) is 0 Å². The number of aromatic nitrogens is 4. The molecule has 5 nitrogen and oxygen atoms in total. The van der Waals surface area contributed by atoms with Crippen LogP contribution < -0.4 is 4.90 Å². The molecule has 0 N–H and O–H groups in total. The van der Waals surface area contributed by atoms with Crippen molar-refractivity contribution in [2.75, 3.05) is 18.0 Å². The van der Waals surface area contributed by atoms with Gasteiger partial charge in [0.1, 0.15) is 11.2 Å². The van der Waals surface area contributed by atoms with Crippen LogP contribution in [-0.4, -0.2) is 32.7 Å². The van der Waals surface area contributed by atoms with Crippen molar-refractivity contribution in [2.24, 2.45) is 0 Å². The van der Waals surface area contributed by atoms with Crippen molar-refractivity contribution in [2.45, 2.75) is 12.8 Å². The van der Waals surface area contributed by atoms with E-state index in [-0.39, 0.29) is 0 Å². The van der Waals surface area contributed by atoms with Crippen LogP contribution in [0.3, 0.4) is 0 Å². The fourth-order valence-electron chi connectivity index (χ4n) is 3.20. The minimum absolute atomic E-state index is 0.898. The van der Waals surface area contributed by atoms with E-state index in [0.717, 1.165) is 34.9 Å². The lowest BCUT2D eigenvalue weighted by molar-refractivity contribution is 0.834. The lowest BCUT2D eigenvalue weighted by Gasteiger charge is -2.16. The van der Waals surface area contributed by atoms with Crippen molar-refractivity contribution < 1.29 is 0 Å². The van der Waals surface area contributed by atoms with Gasteiger partial charge in [-0.3, -0.25) is 0 Å². The second kappa shape index (κ2) is 5.03. The summed E-state index contributed by atoms with van der Waals surface area (Å²) in [6.45, 7) is 2.09. The quantitative estimate of drug-likeness (QED) is 0.566. The maximum absolute atomic E-state index is 4.91. The Morgan fingerprint density at radius 2 is 1.87 bits per heavy atom. The molecule has 6 heteroatoms. The molecule has 23 heavy (non-hydrogen) atoms. The minimum Gasteiger partial charge on any atom is -0.341 e. The Kier molecular flexibility index (Phi) is 2.84. The third-order valence-corrected chi connectivity index (χ3v) is 5.42. The second-order valence-corrected chi connectivity index (χ2v) is 6.83. The summed E-state index contributed by atoms with van der Waals surface area (Å²) in [4.78, 5) is 13.9. The maximum atomic E-state index is 4.91. The average Bonchev–Trinajstić information content (AvgIpc) is 3.33. The molecule has 0 amide bonds. The Balaban J connectivity index is 1.76. The molecule has 4 heterocycles. The van der Waals surface area contributed by atoms with Gasteiger partial charge in [0, 0.05) is 18.0 Å². The molecule has 1 fully saturated rings. The molecule has 1 aliphatic rings. The zero-order valence-corrected chi connectivity index (χ0v) is 13.3. The summed E-state index contributed by atoms with van der Waals surface area (Å²) in [6.07, 6.45) is 4.06. The molecule has 5 rings (SSSR count). The fraction of sp³-hybridized carbons (Fsp3) is 0.235. The first-order chi connectivity index (χ1) is 11.4. The van der Waals surface area contributed by atoms with Gasteiger partial charge in [0.25, 0.3) is 0 Å². The van der Waals surface area contributed by atoms with Gasteiger partial charge in [0.05, 0.1) is 5.39 Å². The number of benzene rings is 1. The van der Waals surface area contributed by atoms with Crippen LogP contribution in [0.4, 0.5) is 5.95 Å². The van der Waals surface area contributed by atoms with E-state index >= 15 is 0 Å². The van der Waals surface area contributed by atoms with Gasteiger partial charge in [0.15, 0.2) is 5.65 Å². The lowest BCUT2D eigenvalue weighted by Crippen LogP contribution is -2.22. The standard InChI is InChI=1S/C17H15N5S/c1-2-6-12(7-3-1)14-10-13-15-18-11-19-22(15)17(20-16(13)23-14)21-8-4-5-9-21/h1-3,6-7,10-11H,4-5,8-9H2. The highest BCUT2D eigenvalue weighted by molar-refractivity contribution is 7.22. The molecule has 0 saturated carbocycles. The molecule has 0 radical (unpaired) electrons. The topological polar surface area (TPSA) is 46.3 Å². The molecule has 0 bridgehead atoms. The molecule has 1 saturated heterocycles. The van der Waals surface area contributed by atoms with E-state index < -0.39 is 0 Å². The Labute approximate surface area is 137 Å². The SMILES string of the molecule is c1ccc(-c2cc3c(nc(N4CCCC4)n4ncnc34)s2)cc1. The zero-order valence-electron chi connectivity index (χ0n) is 12.5. The van der Waals surface area contributed by atoms with E-state index in [2.05, 4.69) is 45.3 Å². The van der Waals surface area contributed by atoms with Gasteiger partial charge >= 0.3 is 0 Å². The highest BCUT2D eigenvalue weighted by Crippen LogP contribution is 2.35. The molecule has 1 aromatic carbocycles. The smallest absolute Gasteiger partial charge is 0.229 e. The van der Waals surface area contributed by atoms with Gasteiger partial charge in [-0.1, -0.05) is 30.3 Å². The molecule has 4 aromatic rings. The van der Waals surface area contributed by atoms with Crippen LogP contribution in [0, 0.1) is 0 Å². The van der Waals surface area contributed by atoms with Crippen LogP contribution in [0.15, 0.2) is 42.7 Å². The normalized spacial score (nSPS) is 15.0. The Bertz CT molecular complexity index is 982. The molecule has 0 aliphatic carbocycles. The fourth-order valence-corrected chi connectivity index (χ4v) is 4.23. The van der Waals surface area contributed by atoms with Crippen molar-refractivity contribution in [1.29, 1.82) is 0 Å². The summed E-state index contributed by atoms with van der Waals surface area (Å²) in [7, 11) is 0. The average molecular weight is 321 g/mol. The van der Waals surface area contributed by atoms with Crippen LogP contribution in [0.1, 0.15) is 12.8 Å². The number of anilines is 1. The summed E-state index contributed by atoms with van der Waals surface area (Å²) in [5, 5.41) is 5.48. The zero-order chi connectivity index (χ0) is 15.2. The molecule has 0 spiro atoms. The Hall–Kier alpha value is -2.47. The monoisotopic (exact) mass is 321 g/mol. The van der Waals surface area contributed by atoms with Gasteiger partial charge < -0.3 is 4.90 Å². The van der Waals surface area contributed by atoms with E-state index in [1.165, 1.54) is 23.3 Å². The van der Waals surface area contributed by atoms with Gasteiger partial charge in [-0.05, 0) is 24.5 Å². The van der Waals surface area contributed by atoms with Gasteiger partial charge in [-0.15, -0.1) is 11.3 Å². The number of fused-ring (bicyclic) bond motifs is 3. The van der Waals surface area contributed by atoms with E-state index in [0.29, 0.717) is 0 Å². The van der Waals surface area contributed by atoms with Gasteiger partial charge in [-0.2, -0.15) is 9.61 Å². The number of hydrogen-bond donors (Lipinski definition) is 0. The third-order valence-electron chi connectivity index (χ3n) is 4.34. The van der Waals surface area contributed by atoms with Crippen molar-refractivity contribution in [1.82, 2.24) is 19.6 Å². The molecule has 114 valence electrons. The highest BCUT2D eigenvalue weighted by atomic mass is 32.1. The summed E-state index contributed by atoms with van der Waals surface area (Å²) in [5.74, 6) is 0.920. The number of nitrogens with zero attached hydrogens (tertiary/aromatic N) is 5.